The van der Waals surface area contributed by atoms with Crippen LogP contribution < -0.4 is 0 Å². The second-order valence-corrected chi connectivity index (χ2v) is 6.37. The SMILES string of the molecule is Cc1ccc(-c2nc3cc(S(=O)(=O)O)cc(C)c3o2)cc1. The molecule has 108 valence electrons. The van der Waals surface area contributed by atoms with Gasteiger partial charge in [-0.1, -0.05) is 17.7 Å². The van der Waals surface area contributed by atoms with Gasteiger partial charge in [-0.05, 0) is 43.7 Å². The predicted molar refractivity (Wildman–Crippen MR) is 78.7 cm³/mol. The summed E-state index contributed by atoms with van der Waals surface area (Å²) in [5.41, 5.74) is 3.45. The number of aryl methyl sites for hydroxylation is 2. The highest BCUT2D eigenvalue weighted by Gasteiger charge is 2.16. The van der Waals surface area contributed by atoms with Crippen molar-refractivity contribution in [1.29, 1.82) is 0 Å². The molecule has 5 nitrogen and oxygen atoms in total. The summed E-state index contributed by atoms with van der Waals surface area (Å²) in [5.74, 6) is 0.417. The molecule has 2 aromatic carbocycles. The molecule has 1 heterocycles. The Balaban J connectivity index is 2.20. The van der Waals surface area contributed by atoms with E-state index >= 15 is 0 Å². The van der Waals surface area contributed by atoms with Gasteiger partial charge in [0.2, 0.25) is 5.89 Å². The zero-order valence-electron chi connectivity index (χ0n) is 11.5. The fourth-order valence-corrected chi connectivity index (χ4v) is 2.72. The Morgan fingerprint density at radius 3 is 2.38 bits per heavy atom. The Labute approximate surface area is 122 Å². The van der Waals surface area contributed by atoms with Crippen LogP contribution in [0.1, 0.15) is 11.1 Å². The van der Waals surface area contributed by atoms with Gasteiger partial charge in [0.15, 0.2) is 5.58 Å². The lowest BCUT2D eigenvalue weighted by molar-refractivity contribution is 0.483. The second-order valence-electron chi connectivity index (χ2n) is 4.95. The molecule has 0 bridgehead atoms. The van der Waals surface area contributed by atoms with Crippen LogP contribution in [0.5, 0.6) is 0 Å². The Bertz CT molecular complexity index is 924. The number of hydrogen-bond donors (Lipinski definition) is 1. The normalized spacial score (nSPS) is 12.0. The lowest BCUT2D eigenvalue weighted by Crippen LogP contribution is -1.98. The number of aromatic nitrogens is 1. The number of benzene rings is 2. The maximum atomic E-state index is 11.2. The van der Waals surface area contributed by atoms with Crippen molar-refractivity contribution in [2.45, 2.75) is 18.7 Å². The van der Waals surface area contributed by atoms with Crippen LogP contribution in [0.15, 0.2) is 45.7 Å². The van der Waals surface area contributed by atoms with Crippen LogP contribution in [0.25, 0.3) is 22.6 Å². The molecule has 1 aromatic heterocycles. The van der Waals surface area contributed by atoms with Crippen molar-refractivity contribution in [2.24, 2.45) is 0 Å². The average Bonchev–Trinajstić information content (AvgIpc) is 2.83. The molecule has 0 saturated heterocycles. The summed E-state index contributed by atoms with van der Waals surface area (Å²) < 4.78 is 37.3. The fraction of sp³-hybridized carbons (Fsp3) is 0.133. The van der Waals surface area contributed by atoms with E-state index in [9.17, 15) is 8.42 Å². The van der Waals surface area contributed by atoms with Gasteiger partial charge in [-0.2, -0.15) is 8.42 Å². The first kappa shape index (κ1) is 13.8. The summed E-state index contributed by atoms with van der Waals surface area (Å²) in [5, 5.41) is 0. The second kappa shape index (κ2) is 4.68. The molecule has 0 saturated carbocycles. The minimum absolute atomic E-state index is 0.184. The average molecular weight is 303 g/mol. The quantitative estimate of drug-likeness (QED) is 0.734. The van der Waals surface area contributed by atoms with Gasteiger partial charge >= 0.3 is 0 Å². The first-order chi connectivity index (χ1) is 9.84. The monoisotopic (exact) mass is 303 g/mol. The van der Waals surface area contributed by atoms with Crippen LogP contribution in [0, 0.1) is 13.8 Å². The molecule has 1 N–H and O–H groups in total. The molecule has 21 heavy (non-hydrogen) atoms. The van der Waals surface area contributed by atoms with Crippen LogP contribution in [0.4, 0.5) is 0 Å². The van der Waals surface area contributed by atoms with E-state index in [4.69, 9.17) is 8.97 Å². The van der Waals surface area contributed by atoms with Crippen LogP contribution in [0.3, 0.4) is 0 Å². The van der Waals surface area contributed by atoms with Crippen molar-refractivity contribution in [3.05, 3.63) is 47.5 Å². The third-order valence-electron chi connectivity index (χ3n) is 3.25. The van der Waals surface area contributed by atoms with Gasteiger partial charge in [-0.15, -0.1) is 0 Å². The molecular weight excluding hydrogens is 290 g/mol. The number of oxazole rings is 1. The summed E-state index contributed by atoms with van der Waals surface area (Å²) in [6.45, 7) is 3.69. The molecule has 3 rings (SSSR count). The highest BCUT2D eigenvalue weighted by atomic mass is 32.2. The van der Waals surface area contributed by atoms with E-state index in [0.29, 0.717) is 22.6 Å². The van der Waals surface area contributed by atoms with E-state index in [1.165, 1.54) is 12.1 Å². The van der Waals surface area contributed by atoms with E-state index in [-0.39, 0.29) is 4.90 Å². The zero-order chi connectivity index (χ0) is 15.2. The van der Waals surface area contributed by atoms with Crippen molar-refractivity contribution in [3.63, 3.8) is 0 Å². The summed E-state index contributed by atoms with van der Waals surface area (Å²) in [6.07, 6.45) is 0. The van der Waals surface area contributed by atoms with Gasteiger partial charge in [-0.3, -0.25) is 4.55 Å². The number of fused-ring (bicyclic) bond motifs is 1. The Kier molecular flexibility index (Phi) is 3.07. The molecule has 0 aliphatic heterocycles. The number of nitrogens with zero attached hydrogens (tertiary/aromatic N) is 1. The van der Waals surface area contributed by atoms with Crippen LogP contribution in [0.2, 0.25) is 0 Å². The topological polar surface area (TPSA) is 80.4 Å². The number of rotatable bonds is 2. The highest BCUT2D eigenvalue weighted by molar-refractivity contribution is 7.85. The van der Waals surface area contributed by atoms with E-state index in [0.717, 1.165) is 11.1 Å². The highest BCUT2D eigenvalue weighted by Crippen LogP contribution is 2.28. The molecule has 0 fully saturated rings. The van der Waals surface area contributed by atoms with Gasteiger partial charge in [-0.25, -0.2) is 4.98 Å². The third-order valence-corrected chi connectivity index (χ3v) is 4.08. The van der Waals surface area contributed by atoms with Crippen LogP contribution in [-0.4, -0.2) is 18.0 Å². The molecule has 0 radical (unpaired) electrons. The molecule has 0 aliphatic carbocycles. The lowest BCUT2D eigenvalue weighted by atomic mass is 10.1. The largest absolute Gasteiger partial charge is 0.436 e. The molecule has 0 spiro atoms. The van der Waals surface area contributed by atoms with Gasteiger partial charge in [0.25, 0.3) is 10.1 Å². The molecule has 0 atom stereocenters. The number of hydrogen-bond acceptors (Lipinski definition) is 4. The molecule has 3 aromatic rings. The van der Waals surface area contributed by atoms with E-state index in [1.54, 1.807) is 6.92 Å². The Hall–Kier alpha value is -2.18. The van der Waals surface area contributed by atoms with Crippen molar-refractivity contribution in [3.8, 4) is 11.5 Å². The van der Waals surface area contributed by atoms with E-state index < -0.39 is 10.1 Å². The minimum atomic E-state index is -4.26. The molecule has 0 aliphatic rings. The predicted octanol–water partition coefficient (Wildman–Crippen LogP) is 3.36. The standard InChI is InChI=1S/C15H13NO4S/c1-9-3-5-11(6-4-9)15-16-13-8-12(21(17,18)19)7-10(2)14(13)20-15/h3-8H,1-2H3,(H,17,18,19). The smallest absolute Gasteiger partial charge is 0.294 e. The molecule has 0 amide bonds. The third kappa shape index (κ3) is 2.55. The van der Waals surface area contributed by atoms with Crippen molar-refractivity contribution in [1.82, 2.24) is 4.98 Å². The first-order valence-corrected chi connectivity index (χ1v) is 7.74. The van der Waals surface area contributed by atoms with Crippen LogP contribution >= 0.6 is 0 Å². The maximum absolute atomic E-state index is 11.2. The summed E-state index contributed by atoms with van der Waals surface area (Å²) in [6, 6.07) is 10.3. The van der Waals surface area contributed by atoms with Crippen molar-refractivity contribution in [2.75, 3.05) is 0 Å². The Morgan fingerprint density at radius 1 is 1.10 bits per heavy atom. The minimum Gasteiger partial charge on any atom is -0.436 e. The lowest BCUT2D eigenvalue weighted by Gasteiger charge is -1.98. The Morgan fingerprint density at radius 2 is 1.76 bits per heavy atom. The zero-order valence-corrected chi connectivity index (χ0v) is 12.3. The first-order valence-electron chi connectivity index (χ1n) is 6.30. The molecule has 0 unspecified atom stereocenters. The van der Waals surface area contributed by atoms with Crippen LogP contribution in [-0.2, 0) is 10.1 Å². The van der Waals surface area contributed by atoms with Crippen molar-refractivity contribution >= 4 is 21.2 Å². The maximum Gasteiger partial charge on any atom is 0.294 e. The van der Waals surface area contributed by atoms with Gasteiger partial charge in [0.05, 0.1) is 4.90 Å². The van der Waals surface area contributed by atoms with Gasteiger partial charge in [0, 0.05) is 5.56 Å². The summed E-state index contributed by atoms with van der Waals surface area (Å²) in [4.78, 5) is 4.12. The van der Waals surface area contributed by atoms with E-state index in [2.05, 4.69) is 4.98 Å². The van der Waals surface area contributed by atoms with Gasteiger partial charge in [0.1, 0.15) is 5.52 Å². The van der Waals surface area contributed by atoms with Crippen molar-refractivity contribution < 1.29 is 17.4 Å². The molecule has 6 heteroatoms. The fourth-order valence-electron chi connectivity index (χ4n) is 2.14. The molecular formula is C15H13NO4S. The van der Waals surface area contributed by atoms with Gasteiger partial charge < -0.3 is 4.42 Å². The summed E-state index contributed by atoms with van der Waals surface area (Å²) in [7, 11) is -4.26. The summed E-state index contributed by atoms with van der Waals surface area (Å²) >= 11 is 0. The van der Waals surface area contributed by atoms with E-state index in [1.807, 2.05) is 31.2 Å².